The topological polar surface area (TPSA) is 71.1 Å². The van der Waals surface area contributed by atoms with Crippen molar-refractivity contribution < 1.29 is 9.59 Å². The number of carbonyl (C=O) groups excluding carboxylic acids is 2. The summed E-state index contributed by atoms with van der Waals surface area (Å²) in [5, 5.41) is 5.55. The van der Waals surface area contributed by atoms with Gasteiger partial charge in [0.1, 0.15) is 5.82 Å². The van der Waals surface area contributed by atoms with Crippen LogP contribution in [0.5, 0.6) is 0 Å². The van der Waals surface area contributed by atoms with E-state index < -0.39 is 0 Å². The number of pyridine rings is 1. The first-order valence-corrected chi connectivity index (χ1v) is 6.86. The molecule has 106 valence electrons. The fourth-order valence-corrected chi connectivity index (χ4v) is 1.92. The van der Waals surface area contributed by atoms with Crippen molar-refractivity contribution >= 4 is 23.3 Å². The summed E-state index contributed by atoms with van der Waals surface area (Å²) in [5.74, 6) is 0.500. The average Bonchev–Trinajstić information content (AvgIpc) is 3.33. The van der Waals surface area contributed by atoms with E-state index in [1.165, 1.54) is 0 Å². The molecular weight excluding hydrogens is 266 g/mol. The van der Waals surface area contributed by atoms with Crippen molar-refractivity contribution in [2.45, 2.75) is 12.8 Å². The van der Waals surface area contributed by atoms with Gasteiger partial charge in [-0.25, -0.2) is 4.98 Å². The molecule has 1 aromatic heterocycles. The Kier molecular flexibility index (Phi) is 3.64. The minimum atomic E-state index is -0.228. The Labute approximate surface area is 122 Å². The van der Waals surface area contributed by atoms with Crippen LogP contribution in [-0.2, 0) is 4.79 Å². The van der Waals surface area contributed by atoms with Gasteiger partial charge < -0.3 is 10.6 Å². The number of benzene rings is 1. The molecule has 1 saturated carbocycles. The van der Waals surface area contributed by atoms with E-state index in [0.717, 1.165) is 12.8 Å². The molecule has 0 radical (unpaired) electrons. The van der Waals surface area contributed by atoms with E-state index in [1.807, 2.05) is 0 Å². The second-order valence-corrected chi connectivity index (χ2v) is 5.01. The van der Waals surface area contributed by atoms with Crippen LogP contribution < -0.4 is 10.6 Å². The van der Waals surface area contributed by atoms with Crippen molar-refractivity contribution in [3.05, 3.63) is 54.2 Å². The largest absolute Gasteiger partial charge is 0.326 e. The monoisotopic (exact) mass is 281 g/mol. The van der Waals surface area contributed by atoms with E-state index in [4.69, 9.17) is 0 Å². The molecule has 0 atom stereocenters. The van der Waals surface area contributed by atoms with E-state index >= 15 is 0 Å². The van der Waals surface area contributed by atoms with Gasteiger partial charge in [-0.15, -0.1) is 0 Å². The summed E-state index contributed by atoms with van der Waals surface area (Å²) in [6, 6.07) is 12.1. The first kappa shape index (κ1) is 13.3. The number of rotatable bonds is 4. The van der Waals surface area contributed by atoms with E-state index in [2.05, 4.69) is 15.6 Å². The Bertz CT molecular complexity index is 649. The number of carbonyl (C=O) groups is 2. The molecule has 21 heavy (non-hydrogen) atoms. The molecule has 5 heteroatoms. The van der Waals surface area contributed by atoms with Crippen LogP contribution in [0.25, 0.3) is 0 Å². The lowest BCUT2D eigenvalue weighted by molar-refractivity contribution is -0.117. The zero-order valence-corrected chi connectivity index (χ0v) is 11.4. The van der Waals surface area contributed by atoms with E-state index in [-0.39, 0.29) is 17.7 Å². The molecule has 2 aromatic rings. The number of nitrogens with zero attached hydrogens (tertiary/aromatic N) is 1. The van der Waals surface area contributed by atoms with Gasteiger partial charge in [0.15, 0.2) is 0 Å². The molecule has 2 amide bonds. The van der Waals surface area contributed by atoms with Crippen molar-refractivity contribution in [2.75, 3.05) is 10.6 Å². The van der Waals surface area contributed by atoms with E-state index in [9.17, 15) is 9.59 Å². The highest BCUT2D eigenvalue weighted by atomic mass is 16.2. The van der Waals surface area contributed by atoms with E-state index in [1.54, 1.807) is 48.7 Å². The van der Waals surface area contributed by atoms with Crippen LogP contribution in [0.4, 0.5) is 11.5 Å². The van der Waals surface area contributed by atoms with Crippen LogP contribution in [0.3, 0.4) is 0 Å². The zero-order chi connectivity index (χ0) is 14.7. The van der Waals surface area contributed by atoms with Crippen molar-refractivity contribution in [3.8, 4) is 0 Å². The highest BCUT2D eigenvalue weighted by Crippen LogP contribution is 2.30. The molecule has 1 aromatic carbocycles. The predicted octanol–water partition coefficient (Wildman–Crippen LogP) is 2.68. The number of hydrogen-bond acceptors (Lipinski definition) is 3. The average molecular weight is 281 g/mol. The highest BCUT2D eigenvalue weighted by molar-refractivity contribution is 6.04. The summed E-state index contributed by atoms with van der Waals surface area (Å²) in [5.41, 5.74) is 1.23. The van der Waals surface area contributed by atoms with Gasteiger partial charge in [0.2, 0.25) is 5.91 Å². The maximum atomic E-state index is 12.0. The van der Waals surface area contributed by atoms with Gasteiger partial charge >= 0.3 is 0 Å². The van der Waals surface area contributed by atoms with Crippen molar-refractivity contribution in [2.24, 2.45) is 5.92 Å². The Morgan fingerprint density at radius 3 is 2.38 bits per heavy atom. The summed E-state index contributed by atoms with van der Waals surface area (Å²) in [4.78, 5) is 27.7. The smallest absolute Gasteiger partial charge is 0.256 e. The SMILES string of the molecule is O=C(Nc1ccccn1)c1ccc(NC(=O)C2CC2)cc1. The van der Waals surface area contributed by atoms with Crippen LogP contribution in [0.1, 0.15) is 23.2 Å². The second-order valence-electron chi connectivity index (χ2n) is 5.01. The molecule has 3 rings (SSSR count). The third-order valence-electron chi connectivity index (χ3n) is 3.27. The molecule has 1 aliphatic rings. The van der Waals surface area contributed by atoms with Crippen LogP contribution in [0.2, 0.25) is 0 Å². The van der Waals surface area contributed by atoms with Gasteiger partial charge in [-0.05, 0) is 49.2 Å². The minimum Gasteiger partial charge on any atom is -0.326 e. The molecule has 0 aliphatic heterocycles. The van der Waals surface area contributed by atoms with Gasteiger partial charge in [-0.3, -0.25) is 9.59 Å². The van der Waals surface area contributed by atoms with Gasteiger partial charge in [0, 0.05) is 23.4 Å². The van der Waals surface area contributed by atoms with Gasteiger partial charge in [0.05, 0.1) is 0 Å². The van der Waals surface area contributed by atoms with Gasteiger partial charge in [-0.1, -0.05) is 6.07 Å². The van der Waals surface area contributed by atoms with E-state index in [0.29, 0.717) is 17.1 Å². The fraction of sp³-hybridized carbons (Fsp3) is 0.188. The first-order valence-electron chi connectivity index (χ1n) is 6.86. The molecule has 0 spiro atoms. The summed E-state index contributed by atoms with van der Waals surface area (Å²) in [6.07, 6.45) is 3.55. The number of aromatic nitrogens is 1. The standard InChI is InChI=1S/C16H15N3O2/c20-15(11-4-5-11)18-13-8-6-12(7-9-13)16(21)19-14-3-1-2-10-17-14/h1-3,6-11H,4-5H2,(H,18,20)(H,17,19,21). The van der Waals surface area contributed by atoms with Crippen molar-refractivity contribution in [3.63, 3.8) is 0 Å². The summed E-state index contributed by atoms with van der Waals surface area (Å²) >= 11 is 0. The second kappa shape index (κ2) is 5.75. The summed E-state index contributed by atoms with van der Waals surface area (Å²) in [6.45, 7) is 0. The molecule has 1 aliphatic carbocycles. The minimum absolute atomic E-state index is 0.0562. The summed E-state index contributed by atoms with van der Waals surface area (Å²) in [7, 11) is 0. The van der Waals surface area contributed by atoms with Gasteiger partial charge in [-0.2, -0.15) is 0 Å². The Balaban J connectivity index is 1.63. The lowest BCUT2D eigenvalue weighted by atomic mass is 10.2. The molecule has 2 N–H and O–H groups in total. The predicted molar refractivity (Wildman–Crippen MR) is 80.0 cm³/mol. The third kappa shape index (κ3) is 3.45. The van der Waals surface area contributed by atoms with Crippen molar-refractivity contribution in [1.82, 2.24) is 4.98 Å². The van der Waals surface area contributed by atoms with Crippen LogP contribution in [0, 0.1) is 5.92 Å². The Morgan fingerprint density at radius 2 is 1.76 bits per heavy atom. The van der Waals surface area contributed by atoms with Crippen LogP contribution in [-0.4, -0.2) is 16.8 Å². The number of amides is 2. The molecule has 1 heterocycles. The molecule has 5 nitrogen and oxygen atoms in total. The zero-order valence-electron chi connectivity index (χ0n) is 11.4. The highest BCUT2D eigenvalue weighted by Gasteiger charge is 2.29. The fourth-order valence-electron chi connectivity index (χ4n) is 1.92. The maximum absolute atomic E-state index is 12.0. The number of hydrogen-bond donors (Lipinski definition) is 2. The first-order chi connectivity index (χ1) is 10.2. The van der Waals surface area contributed by atoms with Crippen LogP contribution >= 0.6 is 0 Å². The van der Waals surface area contributed by atoms with Crippen molar-refractivity contribution in [1.29, 1.82) is 0 Å². The molecule has 0 bridgehead atoms. The Morgan fingerprint density at radius 1 is 1.00 bits per heavy atom. The molecule has 1 fully saturated rings. The normalized spacial score (nSPS) is 13.5. The number of nitrogens with one attached hydrogen (secondary N) is 2. The quantitative estimate of drug-likeness (QED) is 0.905. The maximum Gasteiger partial charge on any atom is 0.256 e. The number of anilines is 2. The summed E-state index contributed by atoms with van der Waals surface area (Å²) < 4.78 is 0. The lowest BCUT2D eigenvalue weighted by Gasteiger charge is -2.06. The van der Waals surface area contributed by atoms with Crippen LogP contribution in [0.15, 0.2) is 48.7 Å². The molecular formula is C16H15N3O2. The molecule has 0 saturated heterocycles. The Hall–Kier alpha value is -2.69. The third-order valence-corrected chi connectivity index (χ3v) is 3.27. The molecule has 0 unspecified atom stereocenters. The van der Waals surface area contributed by atoms with Gasteiger partial charge in [0.25, 0.3) is 5.91 Å². The lowest BCUT2D eigenvalue weighted by Crippen LogP contribution is -2.14.